The molecule has 2 amide bonds. The summed E-state index contributed by atoms with van der Waals surface area (Å²) in [4.78, 5) is 31.2. The molecule has 1 atom stereocenters. The predicted octanol–water partition coefficient (Wildman–Crippen LogP) is 1.60. The molecule has 1 saturated heterocycles. The average Bonchev–Trinajstić information content (AvgIpc) is 3.20. The number of ether oxygens (including phenoxy) is 2. The zero-order valence-corrected chi connectivity index (χ0v) is 17.9. The van der Waals surface area contributed by atoms with Crippen molar-refractivity contribution in [2.45, 2.75) is 19.6 Å². The molecule has 0 saturated carbocycles. The van der Waals surface area contributed by atoms with Crippen LogP contribution in [0, 0.1) is 0 Å². The van der Waals surface area contributed by atoms with E-state index in [9.17, 15) is 14.7 Å². The van der Waals surface area contributed by atoms with E-state index in [1.807, 2.05) is 0 Å². The van der Waals surface area contributed by atoms with E-state index in [0.29, 0.717) is 49.0 Å². The van der Waals surface area contributed by atoms with Crippen LogP contribution in [0.4, 0.5) is 5.69 Å². The maximum Gasteiger partial charge on any atom is 0.274 e. The minimum atomic E-state index is -0.778. The highest BCUT2D eigenvalue weighted by Gasteiger charge is 2.19. The summed E-state index contributed by atoms with van der Waals surface area (Å²) in [6.07, 6.45) is 0.981. The normalized spacial score (nSPS) is 14.9. The summed E-state index contributed by atoms with van der Waals surface area (Å²) in [6, 6.07) is 8.34. The Morgan fingerprint density at radius 2 is 2.06 bits per heavy atom. The molecule has 3 heterocycles. The molecule has 1 aliphatic heterocycles. The molecule has 168 valence electrons. The highest BCUT2D eigenvalue weighted by atomic mass is 16.5. The second kappa shape index (κ2) is 9.33. The van der Waals surface area contributed by atoms with Gasteiger partial charge in [-0.3, -0.25) is 14.3 Å². The number of rotatable bonds is 6. The second-order valence-corrected chi connectivity index (χ2v) is 7.51. The molecule has 0 aliphatic carbocycles. The van der Waals surface area contributed by atoms with Crippen molar-refractivity contribution in [3.8, 4) is 5.75 Å². The quantitative estimate of drug-likeness (QED) is 0.599. The van der Waals surface area contributed by atoms with Crippen molar-refractivity contribution in [3.63, 3.8) is 0 Å². The van der Waals surface area contributed by atoms with Crippen molar-refractivity contribution < 1.29 is 24.2 Å². The molecule has 1 aromatic carbocycles. The van der Waals surface area contributed by atoms with Gasteiger partial charge in [0.15, 0.2) is 0 Å². The molecule has 32 heavy (non-hydrogen) atoms. The number of aliphatic hydroxyl groups is 1. The lowest BCUT2D eigenvalue weighted by Crippen LogP contribution is -2.42. The fourth-order valence-corrected chi connectivity index (χ4v) is 3.50. The van der Waals surface area contributed by atoms with Crippen LogP contribution in [0.3, 0.4) is 0 Å². The number of carbonyl (C=O) groups excluding carboxylic acids is 2. The summed E-state index contributed by atoms with van der Waals surface area (Å²) in [5.41, 5.74) is 1.68. The Hall–Kier alpha value is -3.50. The maximum atomic E-state index is 12.7. The van der Waals surface area contributed by atoms with Gasteiger partial charge in [0.25, 0.3) is 5.91 Å². The number of methoxy groups -OCH3 is 1. The molecule has 10 heteroatoms. The molecule has 0 radical (unpaired) electrons. The van der Waals surface area contributed by atoms with Gasteiger partial charge in [-0.1, -0.05) is 6.07 Å². The Kier molecular flexibility index (Phi) is 6.33. The van der Waals surface area contributed by atoms with Gasteiger partial charge in [-0.25, -0.2) is 4.98 Å². The van der Waals surface area contributed by atoms with Crippen LogP contribution in [0.1, 0.15) is 29.2 Å². The van der Waals surface area contributed by atoms with Gasteiger partial charge < -0.3 is 24.8 Å². The van der Waals surface area contributed by atoms with E-state index < -0.39 is 12.0 Å². The molecule has 1 fully saturated rings. The number of hydrogen-bond donors (Lipinski definition) is 2. The van der Waals surface area contributed by atoms with E-state index in [1.165, 1.54) is 7.11 Å². The molecule has 1 aliphatic rings. The van der Waals surface area contributed by atoms with Gasteiger partial charge in [0.1, 0.15) is 18.0 Å². The molecule has 3 aromatic rings. The molecular formula is C22H25N5O5. The molecule has 2 N–H and O–H groups in total. The standard InChI is InChI=1S/C22H25N5O5/c1-14(28)16-4-3-5-17(23-16)22(30)24-19-10-15-12-27(25-18(15)11-20(19)31-2)13-21(29)26-6-8-32-9-7-26/h3-5,10-12,14,28H,6-9,13H2,1-2H3,(H,24,30). The fourth-order valence-electron chi connectivity index (χ4n) is 3.50. The van der Waals surface area contributed by atoms with Crippen molar-refractivity contribution >= 4 is 28.4 Å². The van der Waals surface area contributed by atoms with Gasteiger partial charge in [0.2, 0.25) is 5.91 Å². The van der Waals surface area contributed by atoms with Gasteiger partial charge >= 0.3 is 0 Å². The van der Waals surface area contributed by atoms with Crippen LogP contribution in [0.25, 0.3) is 10.9 Å². The molecule has 0 spiro atoms. The summed E-state index contributed by atoms with van der Waals surface area (Å²) in [5, 5.41) is 17.7. The van der Waals surface area contributed by atoms with Crippen LogP contribution in [-0.2, 0) is 16.1 Å². The molecule has 10 nitrogen and oxygen atoms in total. The van der Waals surface area contributed by atoms with E-state index >= 15 is 0 Å². The Balaban J connectivity index is 1.55. The number of nitrogens with zero attached hydrogens (tertiary/aromatic N) is 4. The second-order valence-electron chi connectivity index (χ2n) is 7.51. The van der Waals surface area contributed by atoms with E-state index in [-0.39, 0.29) is 18.1 Å². The van der Waals surface area contributed by atoms with Crippen LogP contribution in [0.2, 0.25) is 0 Å². The smallest absolute Gasteiger partial charge is 0.274 e. The number of aromatic nitrogens is 3. The number of amides is 2. The molecule has 1 unspecified atom stereocenters. The summed E-state index contributed by atoms with van der Waals surface area (Å²) in [5.74, 6) is -0.0204. The number of hydrogen-bond acceptors (Lipinski definition) is 7. The number of nitrogens with one attached hydrogen (secondary N) is 1. The Morgan fingerprint density at radius 3 is 2.78 bits per heavy atom. The number of anilines is 1. The minimum Gasteiger partial charge on any atom is -0.494 e. The number of benzene rings is 1. The topological polar surface area (TPSA) is 119 Å². The maximum absolute atomic E-state index is 12.7. The first-order valence-corrected chi connectivity index (χ1v) is 10.3. The summed E-state index contributed by atoms with van der Waals surface area (Å²) < 4.78 is 12.3. The molecular weight excluding hydrogens is 414 g/mol. The van der Waals surface area contributed by atoms with Gasteiger partial charge in [-0.05, 0) is 25.1 Å². The molecule has 2 aromatic heterocycles. The zero-order chi connectivity index (χ0) is 22.7. The highest BCUT2D eigenvalue weighted by Crippen LogP contribution is 2.30. The average molecular weight is 439 g/mol. The SMILES string of the molecule is COc1cc2nn(CC(=O)N3CCOCC3)cc2cc1NC(=O)c1cccc(C(C)O)n1. The minimum absolute atomic E-state index is 0.0225. The lowest BCUT2D eigenvalue weighted by Gasteiger charge is -2.26. The van der Waals surface area contributed by atoms with Gasteiger partial charge in [-0.2, -0.15) is 5.10 Å². The third-order valence-electron chi connectivity index (χ3n) is 5.21. The number of pyridine rings is 1. The van der Waals surface area contributed by atoms with E-state index in [2.05, 4.69) is 15.4 Å². The van der Waals surface area contributed by atoms with Crippen molar-refractivity contribution in [2.24, 2.45) is 0 Å². The fraction of sp³-hybridized carbons (Fsp3) is 0.364. The monoisotopic (exact) mass is 439 g/mol. The van der Waals surface area contributed by atoms with E-state index in [4.69, 9.17) is 9.47 Å². The van der Waals surface area contributed by atoms with Gasteiger partial charge in [-0.15, -0.1) is 0 Å². The first-order chi connectivity index (χ1) is 15.4. The van der Waals surface area contributed by atoms with Crippen LogP contribution < -0.4 is 10.1 Å². The van der Waals surface area contributed by atoms with Crippen molar-refractivity contribution in [1.29, 1.82) is 0 Å². The third-order valence-corrected chi connectivity index (χ3v) is 5.21. The van der Waals surface area contributed by atoms with Crippen molar-refractivity contribution in [2.75, 3.05) is 38.7 Å². The molecule has 4 rings (SSSR count). The number of aliphatic hydroxyl groups excluding tert-OH is 1. The van der Waals surface area contributed by atoms with Crippen LogP contribution in [-0.4, -0.2) is 70.0 Å². The largest absolute Gasteiger partial charge is 0.494 e. The number of carbonyl (C=O) groups is 2. The number of morpholine rings is 1. The van der Waals surface area contributed by atoms with Gasteiger partial charge in [0.05, 0.1) is 43.3 Å². The summed E-state index contributed by atoms with van der Waals surface area (Å²) in [7, 11) is 1.50. The van der Waals surface area contributed by atoms with E-state index in [0.717, 1.165) is 5.39 Å². The Bertz CT molecular complexity index is 1140. The Labute approximate surface area is 184 Å². The lowest BCUT2D eigenvalue weighted by molar-refractivity contribution is -0.136. The van der Waals surface area contributed by atoms with E-state index in [1.54, 1.807) is 53.0 Å². The lowest BCUT2D eigenvalue weighted by atomic mass is 10.2. The van der Waals surface area contributed by atoms with Crippen molar-refractivity contribution in [3.05, 3.63) is 47.9 Å². The summed E-state index contributed by atoms with van der Waals surface area (Å²) >= 11 is 0. The molecule has 0 bridgehead atoms. The third kappa shape index (κ3) is 4.71. The highest BCUT2D eigenvalue weighted by molar-refractivity contribution is 6.05. The van der Waals surface area contributed by atoms with Crippen molar-refractivity contribution in [1.82, 2.24) is 19.7 Å². The first-order valence-electron chi connectivity index (χ1n) is 10.3. The Morgan fingerprint density at radius 1 is 1.28 bits per heavy atom. The number of fused-ring (bicyclic) bond motifs is 1. The summed E-state index contributed by atoms with van der Waals surface area (Å²) in [6.45, 7) is 3.95. The van der Waals surface area contributed by atoms with Crippen LogP contribution >= 0.6 is 0 Å². The zero-order valence-electron chi connectivity index (χ0n) is 17.9. The van der Waals surface area contributed by atoms with Crippen LogP contribution in [0.5, 0.6) is 5.75 Å². The van der Waals surface area contributed by atoms with Gasteiger partial charge in [0, 0.05) is 30.7 Å². The van der Waals surface area contributed by atoms with Crippen LogP contribution in [0.15, 0.2) is 36.5 Å². The predicted molar refractivity (Wildman–Crippen MR) is 117 cm³/mol. The first kappa shape index (κ1) is 21.7.